The van der Waals surface area contributed by atoms with Crippen molar-refractivity contribution in [1.29, 1.82) is 5.41 Å². The molecule has 0 aliphatic heterocycles. The smallest absolute Gasteiger partial charge is 0.108 e. The predicted molar refractivity (Wildman–Crippen MR) is 56.0 cm³/mol. The van der Waals surface area contributed by atoms with Gasteiger partial charge in [0.15, 0.2) is 0 Å². The van der Waals surface area contributed by atoms with Crippen molar-refractivity contribution in [3.05, 3.63) is 0 Å². The second kappa shape index (κ2) is 4.61. The Hall–Kier alpha value is -0.570. The summed E-state index contributed by atoms with van der Waals surface area (Å²) in [7, 11) is 0. The molecule has 1 atom stereocenters. The number of nitrogens with zero attached hydrogens (tertiary/aromatic N) is 1. The van der Waals surface area contributed by atoms with Gasteiger partial charge in [0.25, 0.3) is 0 Å². The van der Waals surface area contributed by atoms with Crippen LogP contribution in [0.2, 0.25) is 0 Å². The van der Waals surface area contributed by atoms with Gasteiger partial charge in [0.05, 0.1) is 6.04 Å². The molecule has 1 saturated carbocycles. The second-order valence-electron chi connectivity index (χ2n) is 3.85. The fraction of sp³-hybridized carbons (Fsp3) is 0.900. The van der Waals surface area contributed by atoms with E-state index in [9.17, 15) is 0 Å². The first-order chi connectivity index (χ1) is 6.20. The lowest BCUT2D eigenvalue weighted by atomic mass is 10.1. The lowest BCUT2D eigenvalue weighted by Gasteiger charge is -2.29. The summed E-state index contributed by atoms with van der Waals surface area (Å²) < 4.78 is 0. The van der Waals surface area contributed by atoms with E-state index in [1.165, 1.54) is 12.8 Å². The predicted octanol–water partition coefficient (Wildman–Crippen LogP) is 1.58. The number of amidine groups is 1. The lowest BCUT2D eigenvalue weighted by Crippen LogP contribution is -2.45. The zero-order valence-corrected chi connectivity index (χ0v) is 8.71. The lowest BCUT2D eigenvalue weighted by molar-refractivity contribution is 0.225. The highest BCUT2D eigenvalue weighted by Gasteiger charge is 2.33. The van der Waals surface area contributed by atoms with Crippen LogP contribution < -0.4 is 5.73 Å². The largest absolute Gasteiger partial charge is 0.386 e. The second-order valence-corrected chi connectivity index (χ2v) is 3.85. The molecular formula is C10H21N3. The molecule has 1 aliphatic carbocycles. The molecule has 0 bridgehead atoms. The Morgan fingerprint density at radius 3 is 2.46 bits per heavy atom. The summed E-state index contributed by atoms with van der Waals surface area (Å²) in [6, 6.07) is 0.904. The van der Waals surface area contributed by atoms with Gasteiger partial charge < -0.3 is 5.73 Å². The highest BCUT2D eigenvalue weighted by atomic mass is 15.2. The van der Waals surface area contributed by atoms with Crippen LogP contribution in [0, 0.1) is 5.41 Å². The van der Waals surface area contributed by atoms with E-state index in [-0.39, 0.29) is 6.04 Å². The maximum Gasteiger partial charge on any atom is 0.108 e. The van der Waals surface area contributed by atoms with Crippen molar-refractivity contribution >= 4 is 5.84 Å². The zero-order chi connectivity index (χ0) is 9.84. The number of hydrogen-bond donors (Lipinski definition) is 2. The quantitative estimate of drug-likeness (QED) is 0.485. The fourth-order valence-corrected chi connectivity index (χ4v) is 1.89. The first kappa shape index (κ1) is 10.5. The van der Waals surface area contributed by atoms with Crippen molar-refractivity contribution < 1.29 is 0 Å². The van der Waals surface area contributed by atoms with E-state index in [1.807, 2.05) is 0 Å². The molecule has 0 aromatic carbocycles. The minimum Gasteiger partial charge on any atom is -0.386 e. The van der Waals surface area contributed by atoms with Gasteiger partial charge in [0.1, 0.15) is 5.84 Å². The zero-order valence-electron chi connectivity index (χ0n) is 8.71. The Morgan fingerprint density at radius 2 is 2.15 bits per heavy atom. The average molecular weight is 183 g/mol. The highest BCUT2D eigenvalue weighted by Crippen LogP contribution is 2.29. The Labute approximate surface area is 80.8 Å². The van der Waals surface area contributed by atoms with Crippen molar-refractivity contribution in [2.45, 2.75) is 51.6 Å². The monoisotopic (exact) mass is 183 g/mol. The summed E-state index contributed by atoms with van der Waals surface area (Å²) in [6.07, 6.45) is 4.71. The van der Waals surface area contributed by atoms with Crippen LogP contribution in [-0.2, 0) is 0 Å². The van der Waals surface area contributed by atoms with Crippen molar-refractivity contribution in [2.24, 2.45) is 5.73 Å². The number of hydrogen-bond acceptors (Lipinski definition) is 2. The molecule has 0 amide bonds. The SMILES string of the molecule is CCCN(C1CC1)C(CC)C(=N)N. The maximum atomic E-state index is 7.52. The minimum atomic E-state index is 0.187. The third-order valence-electron chi connectivity index (χ3n) is 2.64. The topological polar surface area (TPSA) is 53.1 Å². The Morgan fingerprint density at radius 1 is 1.54 bits per heavy atom. The van der Waals surface area contributed by atoms with Gasteiger partial charge in [0, 0.05) is 6.04 Å². The van der Waals surface area contributed by atoms with Crippen molar-refractivity contribution in [1.82, 2.24) is 4.90 Å². The van der Waals surface area contributed by atoms with Gasteiger partial charge in [-0.05, 0) is 32.2 Å². The van der Waals surface area contributed by atoms with E-state index in [4.69, 9.17) is 11.1 Å². The maximum absolute atomic E-state index is 7.52. The molecule has 1 fully saturated rings. The molecule has 1 aliphatic rings. The van der Waals surface area contributed by atoms with Crippen LogP contribution in [-0.4, -0.2) is 29.4 Å². The average Bonchev–Trinajstić information content (AvgIpc) is 2.86. The first-order valence-corrected chi connectivity index (χ1v) is 5.30. The third kappa shape index (κ3) is 2.69. The van der Waals surface area contributed by atoms with Gasteiger partial charge in [-0.1, -0.05) is 13.8 Å². The minimum absolute atomic E-state index is 0.187. The number of nitrogens with one attached hydrogen (secondary N) is 1. The number of nitrogens with two attached hydrogens (primary N) is 1. The molecule has 0 aromatic rings. The van der Waals surface area contributed by atoms with E-state index in [0.717, 1.165) is 19.4 Å². The molecule has 13 heavy (non-hydrogen) atoms. The van der Waals surface area contributed by atoms with E-state index >= 15 is 0 Å². The summed E-state index contributed by atoms with van der Waals surface area (Å²) in [4.78, 5) is 2.41. The molecule has 0 saturated heterocycles. The molecular weight excluding hydrogens is 162 g/mol. The van der Waals surface area contributed by atoms with Crippen LogP contribution >= 0.6 is 0 Å². The molecule has 3 N–H and O–H groups in total. The molecule has 0 aromatic heterocycles. The van der Waals surface area contributed by atoms with E-state index in [1.54, 1.807) is 0 Å². The van der Waals surface area contributed by atoms with Crippen LogP contribution in [0.4, 0.5) is 0 Å². The fourth-order valence-electron chi connectivity index (χ4n) is 1.89. The third-order valence-corrected chi connectivity index (χ3v) is 2.64. The van der Waals surface area contributed by atoms with Crippen molar-refractivity contribution in [3.63, 3.8) is 0 Å². The van der Waals surface area contributed by atoms with Gasteiger partial charge >= 0.3 is 0 Å². The Bertz CT molecular complexity index is 175. The van der Waals surface area contributed by atoms with Crippen LogP contribution in [0.15, 0.2) is 0 Å². The molecule has 3 nitrogen and oxygen atoms in total. The van der Waals surface area contributed by atoms with Gasteiger partial charge in [-0.15, -0.1) is 0 Å². The van der Waals surface area contributed by atoms with Crippen LogP contribution in [0.25, 0.3) is 0 Å². The van der Waals surface area contributed by atoms with Crippen LogP contribution in [0.1, 0.15) is 39.5 Å². The van der Waals surface area contributed by atoms with Crippen molar-refractivity contribution in [2.75, 3.05) is 6.54 Å². The summed E-state index contributed by atoms with van der Waals surface area (Å²) in [5, 5.41) is 7.52. The summed E-state index contributed by atoms with van der Waals surface area (Å²) in [5.74, 6) is 0.336. The van der Waals surface area contributed by atoms with E-state index in [2.05, 4.69) is 18.7 Å². The Kier molecular flexibility index (Phi) is 3.72. The normalized spacial score (nSPS) is 19.0. The van der Waals surface area contributed by atoms with Gasteiger partial charge in [-0.25, -0.2) is 0 Å². The van der Waals surface area contributed by atoms with Gasteiger partial charge in [-0.3, -0.25) is 10.3 Å². The Balaban J connectivity index is 2.54. The molecule has 76 valence electrons. The summed E-state index contributed by atoms with van der Waals surface area (Å²) in [6.45, 7) is 5.38. The molecule has 0 heterocycles. The van der Waals surface area contributed by atoms with Gasteiger partial charge in [-0.2, -0.15) is 0 Å². The van der Waals surface area contributed by atoms with Crippen LogP contribution in [0.5, 0.6) is 0 Å². The van der Waals surface area contributed by atoms with Crippen molar-refractivity contribution in [3.8, 4) is 0 Å². The first-order valence-electron chi connectivity index (χ1n) is 5.30. The summed E-state index contributed by atoms with van der Waals surface area (Å²) in [5.41, 5.74) is 5.59. The van der Waals surface area contributed by atoms with E-state index < -0.39 is 0 Å². The molecule has 0 radical (unpaired) electrons. The number of rotatable bonds is 6. The summed E-state index contributed by atoms with van der Waals surface area (Å²) >= 11 is 0. The molecule has 0 spiro atoms. The highest BCUT2D eigenvalue weighted by molar-refractivity contribution is 5.82. The van der Waals surface area contributed by atoms with E-state index in [0.29, 0.717) is 11.9 Å². The standard InChI is InChI=1S/C10H21N3/c1-3-7-13(8-5-6-8)9(4-2)10(11)12/h8-9H,3-7H2,1-2H3,(H3,11,12). The molecule has 1 unspecified atom stereocenters. The molecule has 3 heteroatoms. The van der Waals surface area contributed by atoms with Gasteiger partial charge in [0.2, 0.25) is 0 Å². The van der Waals surface area contributed by atoms with Crippen LogP contribution in [0.3, 0.4) is 0 Å². The molecule has 1 rings (SSSR count).